The molecule has 0 spiro atoms. The zero-order valence-corrected chi connectivity index (χ0v) is 23.8. The molecule has 0 nitrogen and oxygen atoms in total. The van der Waals surface area contributed by atoms with E-state index in [1.165, 1.54) is 39.0 Å². The maximum Gasteiger partial charge on any atom is -1.00 e. The van der Waals surface area contributed by atoms with Crippen molar-refractivity contribution < 1.29 is 46.1 Å². The van der Waals surface area contributed by atoms with E-state index >= 15 is 0 Å². The number of benzene rings is 4. The second-order valence-corrected chi connectivity index (χ2v) is 15.2. The molecule has 2 aliphatic rings. The van der Waals surface area contributed by atoms with E-state index in [9.17, 15) is 0 Å². The van der Waals surface area contributed by atoms with Gasteiger partial charge in [0.05, 0.1) is 0 Å². The van der Waals surface area contributed by atoms with Gasteiger partial charge in [0.15, 0.2) is 0 Å². The van der Waals surface area contributed by atoms with Crippen molar-refractivity contribution in [3.05, 3.63) is 165 Å². The van der Waals surface area contributed by atoms with Crippen molar-refractivity contribution in [3.63, 3.8) is 0 Å². The molecule has 0 N–H and O–H groups in total. The van der Waals surface area contributed by atoms with E-state index in [0.29, 0.717) is 3.63 Å². The maximum absolute atomic E-state index is 4.07. The Balaban J connectivity index is 0.00000152. The predicted molar refractivity (Wildman–Crippen MR) is 141 cm³/mol. The molecule has 4 aromatic carbocycles. The molecule has 36 heavy (non-hydrogen) atoms. The first-order valence-electron chi connectivity index (χ1n) is 11.9. The Morgan fingerprint density at radius 2 is 1.14 bits per heavy atom. The second-order valence-electron chi connectivity index (χ2n) is 8.91. The summed E-state index contributed by atoms with van der Waals surface area (Å²) in [5.74, 6) is 0. The van der Waals surface area contributed by atoms with Crippen LogP contribution in [0.4, 0.5) is 0 Å². The summed E-state index contributed by atoms with van der Waals surface area (Å²) in [7, 11) is 0. The number of rotatable bonds is 5. The van der Waals surface area contributed by atoms with Crippen LogP contribution >= 0.6 is 0 Å². The molecule has 6 rings (SSSR count). The van der Waals surface area contributed by atoms with Crippen molar-refractivity contribution in [2.45, 2.75) is 10.0 Å². The van der Waals surface area contributed by atoms with Crippen LogP contribution in [0.5, 0.6) is 0 Å². The van der Waals surface area contributed by atoms with Crippen LogP contribution in [-0.4, -0.2) is 3.21 Å². The van der Waals surface area contributed by atoms with E-state index in [1.807, 2.05) is 6.08 Å². The Kier molecular flexibility index (Phi) is 8.58. The van der Waals surface area contributed by atoms with E-state index < -0.39 is 21.3 Å². The summed E-state index contributed by atoms with van der Waals surface area (Å²) >= 11 is -2.57. The topological polar surface area (TPSA) is 0 Å². The van der Waals surface area contributed by atoms with E-state index in [-0.39, 0.29) is 24.8 Å². The van der Waals surface area contributed by atoms with Gasteiger partial charge in [-0.2, -0.15) is 0 Å². The fourth-order valence-electron chi connectivity index (χ4n) is 5.52. The van der Waals surface area contributed by atoms with Gasteiger partial charge in [0.2, 0.25) is 0 Å². The molecule has 0 aromatic heterocycles. The average molecular weight is 585 g/mol. The molecule has 0 heterocycles. The van der Waals surface area contributed by atoms with Gasteiger partial charge in [-0.25, -0.2) is 0 Å². The molecule has 0 saturated carbocycles. The average Bonchev–Trinajstić information content (AvgIpc) is 3.51. The minimum Gasteiger partial charge on any atom is -1.00 e. The molecular weight excluding hydrogens is 558 g/mol. The van der Waals surface area contributed by atoms with E-state index in [1.54, 1.807) is 6.49 Å². The summed E-state index contributed by atoms with van der Waals surface area (Å²) in [5, 5.41) is 0. The van der Waals surface area contributed by atoms with Crippen molar-refractivity contribution in [1.29, 1.82) is 0 Å². The SMILES string of the molecule is C=CC1=CC[C]([Zr+2](=[C](c2ccccc2)c2ccccc2)[CH]2c3ccccc3-c3ccccc32)=C1.[Cl-].[Cl-]. The van der Waals surface area contributed by atoms with Crippen molar-refractivity contribution in [2.75, 3.05) is 0 Å². The number of fused-ring (bicyclic) bond motifs is 3. The van der Waals surface area contributed by atoms with Gasteiger partial charge in [0.1, 0.15) is 0 Å². The summed E-state index contributed by atoms with van der Waals surface area (Å²) in [4.78, 5) is 0. The molecule has 0 saturated heterocycles. The second kappa shape index (κ2) is 11.7. The van der Waals surface area contributed by atoms with Crippen LogP contribution in [0.15, 0.2) is 143 Å². The molecule has 3 heteroatoms. The summed E-state index contributed by atoms with van der Waals surface area (Å²) in [6.07, 6.45) is 7.87. The number of hydrogen-bond donors (Lipinski definition) is 0. The summed E-state index contributed by atoms with van der Waals surface area (Å²) in [5.41, 5.74) is 9.86. The molecule has 0 bridgehead atoms. The Hall–Kier alpha value is -2.57. The Labute approximate surface area is 234 Å². The zero-order valence-electron chi connectivity index (χ0n) is 19.9. The third-order valence-corrected chi connectivity index (χ3v) is 15.2. The van der Waals surface area contributed by atoms with Gasteiger partial charge in [0.25, 0.3) is 0 Å². The first-order valence-corrected chi connectivity index (χ1v) is 15.8. The van der Waals surface area contributed by atoms with Crippen LogP contribution in [0.3, 0.4) is 0 Å². The molecule has 0 radical (unpaired) electrons. The minimum absolute atomic E-state index is 0. The predicted octanol–water partition coefficient (Wildman–Crippen LogP) is 2.05. The monoisotopic (exact) mass is 582 g/mol. The summed E-state index contributed by atoms with van der Waals surface area (Å²) < 4.78 is 3.69. The standard InChI is InChI=1S/C13H9.C13H10.C7H7.2ClH.Zr/c1-3-7-12-10(5-1)9-11-6-2-4-8-13(11)12;1-3-7-12(8-4-1)11-13-9-5-2-6-10-13;1-2-7-5-3-4-6-7;;;/h1-9H;1-10H;2,5-6H,1,3H2;2*1H;/q;;;;;+2/p-2. The largest absolute Gasteiger partial charge is 1.00 e. The van der Waals surface area contributed by atoms with E-state index in [2.05, 4.69) is 128 Å². The molecule has 176 valence electrons. The maximum atomic E-state index is 4.07. The molecule has 2 aliphatic carbocycles. The van der Waals surface area contributed by atoms with Crippen molar-refractivity contribution in [3.8, 4) is 11.1 Å². The molecule has 4 aromatic rings. The quantitative estimate of drug-likeness (QED) is 0.337. The van der Waals surface area contributed by atoms with Crippen LogP contribution in [0.2, 0.25) is 0 Å². The summed E-state index contributed by atoms with van der Waals surface area (Å²) in [6, 6.07) is 40.5. The third kappa shape index (κ3) is 4.73. The van der Waals surface area contributed by atoms with Crippen LogP contribution in [-0.2, 0) is 21.3 Å². The molecule has 0 fully saturated rings. The number of allylic oxidation sites excluding steroid dienone is 5. The third-order valence-electron chi connectivity index (χ3n) is 7.00. The Morgan fingerprint density at radius 1 is 0.667 bits per heavy atom. The van der Waals surface area contributed by atoms with Gasteiger partial charge in [-0.3, -0.25) is 0 Å². The Bertz CT molecular complexity index is 1390. The van der Waals surface area contributed by atoms with Crippen LogP contribution < -0.4 is 24.8 Å². The normalized spacial score (nSPS) is 13.1. The van der Waals surface area contributed by atoms with Crippen molar-refractivity contribution >= 4 is 3.21 Å². The van der Waals surface area contributed by atoms with Gasteiger partial charge in [-0.15, -0.1) is 0 Å². The summed E-state index contributed by atoms with van der Waals surface area (Å²) in [6.45, 7) is 4.07. The van der Waals surface area contributed by atoms with Crippen molar-refractivity contribution in [2.24, 2.45) is 0 Å². The van der Waals surface area contributed by atoms with Gasteiger partial charge < -0.3 is 24.8 Å². The van der Waals surface area contributed by atoms with Crippen LogP contribution in [0, 0.1) is 0 Å². The molecular formula is C33H26Cl2Zr. The minimum atomic E-state index is -2.57. The Morgan fingerprint density at radius 3 is 1.61 bits per heavy atom. The van der Waals surface area contributed by atoms with Gasteiger partial charge in [-0.05, 0) is 0 Å². The van der Waals surface area contributed by atoms with Gasteiger partial charge >= 0.3 is 211 Å². The van der Waals surface area contributed by atoms with E-state index in [0.717, 1.165) is 6.42 Å². The molecule has 0 unspecified atom stereocenters. The smallest absolute Gasteiger partial charge is 1.00 e. The zero-order chi connectivity index (χ0) is 22.9. The van der Waals surface area contributed by atoms with Gasteiger partial charge in [-0.1, -0.05) is 0 Å². The first-order chi connectivity index (χ1) is 16.8. The van der Waals surface area contributed by atoms with Crippen molar-refractivity contribution in [1.82, 2.24) is 0 Å². The fraction of sp³-hybridized carbons (Fsp3) is 0.0606. The first kappa shape index (κ1) is 26.5. The number of halogens is 2. The fourth-order valence-corrected chi connectivity index (χ4v) is 14.6. The van der Waals surface area contributed by atoms with Crippen LogP contribution in [0.25, 0.3) is 11.1 Å². The molecule has 0 aliphatic heterocycles. The van der Waals surface area contributed by atoms with Gasteiger partial charge in [0, 0.05) is 0 Å². The molecule has 0 amide bonds. The number of hydrogen-bond acceptors (Lipinski definition) is 0. The van der Waals surface area contributed by atoms with E-state index in [4.69, 9.17) is 0 Å². The molecule has 0 atom stereocenters. The van der Waals surface area contributed by atoms with Crippen LogP contribution in [0.1, 0.15) is 32.3 Å².